The van der Waals surface area contributed by atoms with Crippen LogP contribution in [-0.2, 0) is 16.0 Å². The highest BCUT2D eigenvalue weighted by molar-refractivity contribution is 5.79. The van der Waals surface area contributed by atoms with E-state index in [-0.39, 0.29) is 24.7 Å². The van der Waals surface area contributed by atoms with E-state index < -0.39 is 12.1 Å². The number of nitrogens with zero attached hydrogens (tertiary/aromatic N) is 1. The molecule has 0 spiro atoms. The van der Waals surface area contributed by atoms with Crippen molar-refractivity contribution in [2.75, 3.05) is 34.0 Å². The van der Waals surface area contributed by atoms with Gasteiger partial charge in [-0.1, -0.05) is 18.2 Å². The molecule has 3 rings (SSSR count). The number of benzene rings is 2. The standard InChI is InChI=1S/C21H25NO6/c1-26-17-7-6-15(12-18(17)27-2)21-19(13-23)28-9-8-22(21)20(25)11-14-4-3-5-16(24)10-14/h3-7,10,12,19,21,23-24H,8-9,11,13H2,1-2H3/t19-,21-/m1/s1. The number of rotatable bonds is 6. The van der Waals surface area contributed by atoms with Gasteiger partial charge in [0.25, 0.3) is 0 Å². The van der Waals surface area contributed by atoms with Crippen LogP contribution in [0.1, 0.15) is 17.2 Å². The Morgan fingerprint density at radius 3 is 2.64 bits per heavy atom. The van der Waals surface area contributed by atoms with E-state index in [1.807, 2.05) is 6.07 Å². The minimum Gasteiger partial charge on any atom is -0.508 e. The largest absolute Gasteiger partial charge is 0.508 e. The van der Waals surface area contributed by atoms with Crippen LogP contribution >= 0.6 is 0 Å². The topological polar surface area (TPSA) is 88.5 Å². The summed E-state index contributed by atoms with van der Waals surface area (Å²) in [4.78, 5) is 14.8. The zero-order valence-corrected chi connectivity index (χ0v) is 16.0. The molecular formula is C21H25NO6. The Hall–Kier alpha value is -2.77. The second-order valence-corrected chi connectivity index (χ2v) is 6.58. The Labute approximate surface area is 164 Å². The van der Waals surface area contributed by atoms with Gasteiger partial charge in [-0.25, -0.2) is 0 Å². The summed E-state index contributed by atoms with van der Waals surface area (Å²) in [6, 6.07) is 11.6. The van der Waals surface area contributed by atoms with Crippen LogP contribution in [0.3, 0.4) is 0 Å². The molecule has 2 aromatic rings. The van der Waals surface area contributed by atoms with E-state index in [2.05, 4.69) is 0 Å². The Kier molecular flexibility index (Phi) is 6.38. The summed E-state index contributed by atoms with van der Waals surface area (Å²) in [5, 5.41) is 19.5. The average molecular weight is 387 g/mol. The van der Waals surface area contributed by atoms with Gasteiger partial charge in [0.1, 0.15) is 11.9 Å². The van der Waals surface area contributed by atoms with Gasteiger partial charge < -0.3 is 29.3 Å². The summed E-state index contributed by atoms with van der Waals surface area (Å²) in [6.45, 7) is 0.545. The van der Waals surface area contributed by atoms with Crippen molar-refractivity contribution >= 4 is 5.91 Å². The third-order valence-corrected chi connectivity index (χ3v) is 4.87. The zero-order valence-electron chi connectivity index (χ0n) is 16.0. The first-order valence-electron chi connectivity index (χ1n) is 9.09. The van der Waals surface area contributed by atoms with Gasteiger partial charge in [-0.3, -0.25) is 4.79 Å². The van der Waals surface area contributed by atoms with Gasteiger partial charge in [0.15, 0.2) is 11.5 Å². The molecule has 2 N–H and O–H groups in total. The van der Waals surface area contributed by atoms with Gasteiger partial charge in [-0.15, -0.1) is 0 Å². The number of hydrogen-bond acceptors (Lipinski definition) is 6. The average Bonchev–Trinajstić information content (AvgIpc) is 2.72. The molecule has 28 heavy (non-hydrogen) atoms. The van der Waals surface area contributed by atoms with Gasteiger partial charge in [-0.05, 0) is 35.4 Å². The number of ether oxygens (including phenoxy) is 3. The van der Waals surface area contributed by atoms with E-state index in [1.165, 1.54) is 0 Å². The summed E-state index contributed by atoms with van der Waals surface area (Å²) >= 11 is 0. The lowest BCUT2D eigenvalue weighted by Crippen LogP contribution is -2.49. The van der Waals surface area contributed by atoms with E-state index >= 15 is 0 Å². The number of hydrogen-bond donors (Lipinski definition) is 2. The normalized spacial score (nSPS) is 19.3. The number of carbonyl (C=O) groups excluding carboxylic acids is 1. The van der Waals surface area contributed by atoms with Crippen molar-refractivity contribution < 1.29 is 29.2 Å². The number of methoxy groups -OCH3 is 2. The molecule has 150 valence electrons. The molecule has 1 amide bonds. The van der Waals surface area contributed by atoms with Crippen molar-refractivity contribution in [3.63, 3.8) is 0 Å². The Morgan fingerprint density at radius 2 is 1.96 bits per heavy atom. The molecule has 7 nitrogen and oxygen atoms in total. The van der Waals surface area contributed by atoms with Crippen LogP contribution in [0.4, 0.5) is 0 Å². The molecule has 1 heterocycles. The first kappa shape index (κ1) is 20.0. The maximum Gasteiger partial charge on any atom is 0.227 e. The van der Waals surface area contributed by atoms with E-state index in [1.54, 1.807) is 55.5 Å². The Balaban J connectivity index is 1.91. The maximum atomic E-state index is 13.1. The Bertz CT molecular complexity index is 824. The molecule has 2 aromatic carbocycles. The zero-order chi connectivity index (χ0) is 20.1. The molecule has 0 saturated carbocycles. The van der Waals surface area contributed by atoms with Gasteiger partial charge in [-0.2, -0.15) is 0 Å². The van der Waals surface area contributed by atoms with Gasteiger partial charge in [0.05, 0.1) is 39.9 Å². The van der Waals surface area contributed by atoms with Crippen molar-refractivity contribution in [1.29, 1.82) is 0 Å². The fourth-order valence-electron chi connectivity index (χ4n) is 3.54. The molecule has 1 aliphatic heterocycles. The number of phenols is 1. The van der Waals surface area contributed by atoms with E-state index in [9.17, 15) is 15.0 Å². The van der Waals surface area contributed by atoms with Crippen LogP contribution in [0.2, 0.25) is 0 Å². The molecule has 7 heteroatoms. The van der Waals surface area contributed by atoms with Gasteiger partial charge >= 0.3 is 0 Å². The lowest BCUT2D eigenvalue weighted by atomic mass is 9.97. The van der Waals surface area contributed by atoms with Crippen LogP contribution in [0, 0.1) is 0 Å². The summed E-state index contributed by atoms with van der Waals surface area (Å²) in [5.41, 5.74) is 1.52. The number of morpholine rings is 1. The predicted octanol–water partition coefficient (Wildman–Crippen LogP) is 1.91. The summed E-state index contributed by atoms with van der Waals surface area (Å²) < 4.78 is 16.4. The minimum atomic E-state index is -0.542. The van der Waals surface area contributed by atoms with Crippen molar-refractivity contribution in [2.45, 2.75) is 18.6 Å². The molecule has 1 saturated heterocycles. The Morgan fingerprint density at radius 1 is 1.18 bits per heavy atom. The molecule has 0 aromatic heterocycles. The second-order valence-electron chi connectivity index (χ2n) is 6.58. The number of aliphatic hydroxyl groups is 1. The third-order valence-electron chi connectivity index (χ3n) is 4.87. The predicted molar refractivity (Wildman–Crippen MR) is 103 cm³/mol. The maximum absolute atomic E-state index is 13.1. The molecule has 1 fully saturated rings. The van der Waals surface area contributed by atoms with E-state index in [0.717, 1.165) is 11.1 Å². The molecule has 1 aliphatic rings. The van der Waals surface area contributed by atoms with Gasteiger partial charge in [0, 0.05) is 6.54 Å². The van der Waals surface area contributed by atoms with Crippen LogP contribution in [0.5, 0.6) is 17.2 Å². The van der Waals surface area contributed by atoms with Crippen molar-refractivity contribution in [3.8, 4) is 17.2 Å². The fraction of sp³-hybridized carbons (Fsp3) is 0.381. The van der Waals surface area contributed by atoms with Gasteiger partial charge in [0.2, 0.25) is 5.91 Å². The quantitative estimate of drug-likeness (QED) is 0.787. The molecular weight excluding hydrogens is 362 g/mol. The number of aromatic hydroxyl groups is 1. The molecule has 0 aliphatic carbocycles. The number of phenolic OH excluding ortho intramolecular Hbond substituents is 1. The van der Waals surface area contributed by atoms with Crippen molar-refractivity contribution in [2.24, 2.45) is 0 Å². The molecule has 0 bridgehead atoms. The van der Waals surface area contributed by atoms with Crippen molar-refractivity contribution in [1.82, 2.24) is 4.90 Å². The van der Waals surface area contributed by atoms with Crippen molar-refractivity contribution in [3.05, 3.63) is 53.6 Å². The minimum absolute atomic E-state index is 0.105. The third kappa shape index (κ3) is 4.21. The lowest BCUT2D eigenvalue weighted by molar-refractivity contribution is -0.149. The highest BCUT2D eigenvalue weighted by atomic mass is 16.5. The number of carbonyl (C=O) groups is 1. The SMILES string of the molecule is COc1ccc([C@@H]2[C@@H](CO)OCCN2C(=O)Cc2cccc(O)c2)cc1OC. The van der Waals surface area contributed by atoms with Crippen LogP contribution in [0.25, 0.3) is 0 Å². The summed E-state index contributed by atoms with van der Waals surface area (Å²) in [7, 11) is 3.11. The second kappa shape index (κ2) is 8.95. The summed E-state index contributed by atoms with van der Waals surface area (Å²) in [5.74, 6) is 1.15. The first-order chi connectivity index (χ1) is 13.6. The van der Waals surface area contributed by atoms with E-state index in [4.69, 9.17) is 14.2 Å². The molecule has 0 radical (unpaired) electrons. The van der Waals surface area contributed by atoms with Crippen LogP contribution < -0.4 is 9.47 Å². The molecule has 2 atom stereocenters. The highest BCUT2D eigenvalue weighted by Gasteiger charge is 2.36. The van der Waals surface area contributed by atoms with Crippen LogP contribution in [0.15, 0.2) is 42.5 Å². The number of aliphatic hydroxyl groups excluding tert-OH is 1. The van der Waals surface area contributed by atoms with E-state index in [0.29, 0.717) is 24.7 Å². The van der Waals surface area contributed by atoms with Crippen LogP contribution in [-0.4, -0.2) is 61.1 Å². The highest BCUT2D eigenvalue weighted by Crippen LogP contribution is 2.36. The fourth-order valence-corrected chi connectivity index (χ4v) is 3.54. The number of amides is 1. The summed E-state index contributed by atoms with van der Waals surface area (Å²) in [6.07, 6.45) is -0.393. The molecule has 0 unspecified atom stereocenters. The smallest absolute Gasteiger partial charge is 0.227 e. The lowest BCUT2D eigenvalue weighted by Gasteiger charge is -2.41. The monoisotopic (exact) mass is 387 g/mol. The first-order valence-corrected chi connectivity index (χ1v) is 9.09.